The van der Waals surface area contributed by atoms with Crippen molar-refractivity contribution in [3.05, 3.63) is 53.6 Å². The minimum atomic E-state index is 0.000182. The van der Waals surface area contributed by atoms with Crippen LogP contribution in [0.3, 0.4) is 0 Å². The second-order valence-corrected chi connectivity index (χ2v) is 8.56. The Labute approximate surface area is 175 Å². The number of benzene rings is 2. The largest absolute Gasteiger partial charge is 0.494 e. The molecule has 1 unspecified atom stereocenters. The van der Waals surface area contributed by atoms with Gasteiger partial charge in [-0.1, -0.05) is 41.2 Å². The van der Waals surface area contributed by atoms with Gasteiger partial charge in [0, 0.05) is 19.6 Å². The van der Waals surface area contributed by atoms with Crippen LogP contribution in [0.1, 0.15) is 30.9 Å². The third-order valence-corrected chi connectivity index (χ3v) is 6.39. The Hall–Kier alpha value is -2.60. The summed E-state index contributed by atoms with van der Waals surface area (Å²) in [5.41, 5.74) is 3.35. The zero-order valence-corrected chi connectivity index (χ0v) is 17.8. The standard InChI is InChI=1S/C23H27N3O2S/c1-3-28-19-10-11-20-21(13-19)29-23(25-20)26-12-4-5-18(15-26)22(27)24-14-17-8-6-16(2)7-9-17/h6-11,13,18H,3-5,12,14-15H2,1-2H3,(H,24,27). The highest BCUT2D eigenvalue weighted by Crippen LogP contribution is 2.33. The van der Waals surface area contributed by atoms with Crippen molar-refractivity contribution in [1.29, 1.82) is 0 Å². The van der Waals surface area contributed by atoms with Gasteiger partial charge in [0.1, 0.15) is 5.75 Å². The summed E-state index contributed by atoms with van der Waals surface area (Å²) in [6, 6.07) is 14.3. The summed E-state index contributed by atoms with van der Waals surface area (Å²) in [5.74, 6) is 1.01. The molecule has 5 nitrogen and oxygen atoms in total. The minimum Gasteiger partial charge on any atom is -0.494 e. The summed E-state index contributed by atoms with van der Waals surface area (Å²) in [4.78, 5) is 19.8. The van der Waals surface area contributed by atoms with Gasteiger partial charge in [0.15, 0.2) is 5.13 Å². The zero-order valence-electron chi connectivity index (χ0n) is 17.0. The summed E-state index contributed by atoms with van der Waals surface area (Å²) in [5, 5.41) is 4.10. The molecule has 1 fully saturated rings. The molecule has 29 heavy (non-hydrogen) atoms. The van der Waals surface area contributed by atoms with Crippen molar-refractivity contribution >= 4 is 32.6 Å². The summed E-state index contributed by atoms with van der Waals surface area (Å²) >= 11 is 1.67. The number of hydrogen-bond donors (Lipinski definition) is 1. The van der Waals surface area contributed by atoms with E-state index < -0.39 is 0 Å². The lowest BCUT2D eigenvalue weighted by atomic mass is 9.97. The van der Waals surface area contributed by atoms with Crippen LogP contribution in [-0.2, 0) is 11.3 Å². The van der Waals surface area contributed by atoms with E-state index in [0.29, 0.717) is 13.2 Å². The van der Waals surface area contributed by atoms with Crippen LogP contribution < -0.4 is 15.0 Å². The van der Waals surface area contributed by atoms with Crippen molar-refractivity contribution in [3.63, 3.8) is 0 Å². The van der Waals surface area contributed by atoms with Crippen molar-refractivity contribution in [2.45, 2.75) is 33.2 Å². The molecule has 1 N–H and O–H groups in total. The van der Waals surface area contributed by atoms with Crippen molar-refractivity contribution in [1.82, 2.24) is 10.3 Å². The molecule has 0 aliphatic carbocycles. The average molecular weight is 410 g/mol. The number of carbonyl (C=O) groups is 1. The molecule has 0 radical (unpaired) electrons. The lowest BCUT2D eigenvalue weighted by molar-refractivity contribution is -0.125. The van der Waals surface area contributed by atoms with E-state index in [2.05, 4.69) is 47.5 Å². The average Bonchev–Trinajstić information content (AvgIpc) is 3.17. The van der Waals surface area contributed by atoms with E-state index in [1.165, 1.54) is 5.56 Å². The van der Waals surface area contributed by atoms with Crippen molar-refractivity contribution < 1.29 is 9.53 Å². The Morgan fingerprint density at radius 2 is 2.10 bits per heavy atom. The number of nitrogens with one attached hydrogen (secondary N) is 1. The van der Waals surface area contributed by atoms with E-state index in [0.717, 1.165) is 52.6 Å². The molecule has 1 amide bonds. The first-order chi connectivity index (χ1) is 14.1. The van der Waals surface area contributed by atoms with E-state index >= 15 is 0 Å². The molecule has 1 atom stereocenters. The van der Waals surface area contributed by atoms with Crippen LogP contribution in [0.4, 0.5) is 5.13 Å². The maximum Gasteiger partial charge on any atom is 0.225 e. The molecule has 1 aromatic heterocycles. The highest BCUT2D eigenvalue weighted by molar-refractivity contribution is 7.22. The Balaban J connectivity index is 1.40. The van der Waals surface area contributed by atoms with Crippen LogP contribution in [0.15, 0.2) is 42.5 Å². The van der Waals surface area contributed by atoms with Crippen LogP contribution in [0.5, 0.6) is 5.75 Å². The molecule has 0 bridgehead atoms. The number of aryl methyl sites for hydroxylation is 1. The Morgan fingerprint density at radius 3 is 2.90 bits per heavy atom. The van der Waals surface area contributed by atoms with Crippen LogP contribution in [-0.4, -0.2) is 30.6 Å². The second-order valence-electron chi connectivity index (χ2n) is 7.55. The first kappa shape index (κ1) is 19.7. The highest BCUT2D eigenvalue weighted by Gasteiger charge is 2.27. The molecule has 1 aliphatic heterocycles. The molecule has 1 aliphatic rings. The number of hydrogen-bond acceptors (Lipinski definition) is 5. The van der Waals surface area contributed by atoms with Crippen molar-refractivity contribution in [3.8, 4) is 5.75 Å². The molecule has 6 heteroatoms. The number of piperidine rings is 1. The lowest BCUT2D eigenvalue weighted by Crippen LogP contribution is -2.42. The fourth-order valence-electron chi connectivity index (χ4n) is 3.69. The Kier molecular flexibility index (Phi) is 6.00. The number of fused-ring (bicyclic) bond motifs is 1. The summed E-state index contributed by atoms with van der Waals surface area (Å²) in [6.07, 6.45) is 1.93. The molecule has 2 heterocycles. The quantitative estimate of drug-likeness (QED) is 0.650. The molecule has 152 valence electrons. The number of rotatable bonds is 6. The SMILES string of the molecule is CCOc1ccc2nc(N3CCCC(C(=O)NCc4ccc(C)cc4)C3)sc2c1. The van der Waals surface area contributed by atoms with Gasteiger partial charge in [-0.3, -0.25) is 4.79 Å². The predicted molar refractivity (Wildman–Crippen MR) is 119 cm³/mol. The number of ether oxygens (including phenoxy) is 1. The van der Waals surface area contributed by atoms with E-state index in [9.17, 15) is 4.79 Å². The summed E-state index contributed by atoms with van der Waals surface area (Å²) < 4.78 is 6.72. The molecule has 0 saturated carbocycles. The first-order valence-electron chi connectivity index (χ1n) is 10.2. The number of anilines is 1. The molecule has 0 spiro atoms. The zero-order chi connectivity index (χ0) is 20.2. The number of amides is 1. The third-order valence-electron chi connectivity index (χ3n) is 5.31. The van der Waals surface area contributed by atoms with Gasteiger partial charge in [-0.05, 0) is 50.5 Å². The maximum atomic E-state index is 12.7. The van der Waals surface area contributed by atoms with Crippen LogP contribution in [0.2, 0.25) is 0 Å². The van der Waals surface area contributed by atoms with Crippen LogP contribution in [0.25, 0.3) is 10.2 Å². The van der Waals surface area contributed by atoms with Crippen LogP contribution >= 0.6 is 11.3 Å². The monoisotopic (exact) mass is 409 g/mol. The lowest BCUT2D eigenvalue weighted by Gasteiger charge is -2.31. The van der Waals surface area contributed by atoms with Gasteiger partial charge >= 0.3 is 0 Å². The summed E-state index contributed by atoms with van der Waals surface area (Å²) in [6.45, 7) is 6.95. The third kappa shape index (κ3) is 4.70. The number of thiazole rings is 1. The number of carbonyl (C=O) groups excluding carboxylic acids is 1. The van der Waals surface area contributed by atoms with Gasteiger partial charge < -0.3 is 15.0 Å². The Morgan fingerprint density at radius 1 is 1.28 bits per heavy atom. The van der Waals surface area contributed by atoms with Gasteiger partial charge in [0.25, 0.3) is 0 Å². The van der Waals surface area contributed by atoms with Gasteiger partial charge in [-0.15, -0.1) is 0 Å². The fraction of sp³-hybridized carbons (Fsp3) is 0.391. The molecule has 4 rings (SSSR count). The van der Waals surface area contributed by atoms with Gasteiger partial charge in [0.05, 0.1) is 22.7 Å². The van der Waals surface area contributed by atoms with Crippen molar-refractivity contribution in [2.24, 2.45) is 5.92 Å². The van der Waals surface area contributed by atoms with Crippen molar-refractivity contribution in [2.75, 3.05) is 24.6 Å². The van der Waals surface area contributed by atoms with Crippen LogP contribution in [0, 0.1) is 12.8 Å². The molecule has 1 saturated heterocycles. The maximum absolute atomic E-state index is 12.7. The number of aromatic nitrogens is 1. The fourth-order valence-corrected chi connectivity index (χ4v) is 4.72. The smallest absolute Gasteiger partial charge is 0.225 e. The minimum absolute atomic E-state index is 0.000182. The van der Waals surface area contributed by atoms with E-state index in [-0.39, 0.29) is 11.8 Å². The van der Waals surface area contributed by atoms with E-state index in [1.54, 1.807) is 11.3 Å². The van der Waals surface area contributed by atoms with Gasteiger partial charge in [-0.2, -0.15) is 0 Å². The predicted octanol–water partition coefficient (Wildman–Crippen LogP) is 4.54. The molecule has 3 aromatic rings. The van der Waals surface area contributed by atoms with E-state index in [4.69, 9.17) is 9.72 Å². The first-order valence-corrected chi connectivity index (χ1v) is 11.1. The topological polar surface area (TPSA) is 54.5 Å². The van der Waals surface area contributed by atoms with Gasteiger partial charge in [-0.25, -0.2) is 4.98 Å². The molecular formula is C23H27N3O2S. The number of nitrogens with zero attached hydrogens (tertiary/aromatic N) is 2. The van der Waals surface area contributed by atoms with E-state index in [1.807, 2.05) is 19.1 Å². The Bertz CT molecular complexity index is 983. The molecule has 2 aromatic carbocycles. The normalized spacial score (nSPS) is 16.8. The highest BCUT2D eigenvalue weighted by atomic mass is 32.1. The molecular weight excluding hydrogens is 382 g/mol. The second kappa shape index (κ2) is 8.82. The van der Waals surface area contributed by atoms with Gasteiger partial charge in [0.2, 0.25) is 5.91 Å². The summed E-state index contributed by atoms with van der Waals surface area (Å²) in [7, 11) is 0.